The maximum atomic E-state index is 13.3. The molecule has 0 bridgehead atoms. The van der Waals surface area contributed by atoms with Crippen LogP contribution < -0.4 is 10.6 Å². The molecule has 23 heavy (non-hydrogen) atoms. The van der Waals surface area contributed by atoms with Gasteiger partial charge in [0.15, 0.2) is 0 Å². The molecule has 3 rings (SSSR count). The highest BCUT2D eigenvalue weighted by atomic mass is 19.1. The summed E-state index contributed by atoms with van der Waals surface area (Å²) in [6.45, 7) is 2.16. The van der Waals surface area contributed by atoms with Crippen LogP contribution in [0.2, 0.25) is 0 Å². The van der Waals surface area contributed by atoms with Crippen LogP contribution in [0.4, 0.5) is 9.18 Å². The Hall–Kier alpha value is -2.34. The predicted octanol–water partition coefficient (Wildman–Crippen LogP) is 2.62. The lowest BCUT2D eigenvalue weighted by atomic mass is 10.1. The number of aliphatic hydroxyl groups is 1. The van der Waals surface area contributed by atoms with Gasteiger partial charge in [0.2, 0.25) is 0 Å². The van der Waals surface area contributed by atoms with Crippen LogP contribution in [0.5, 0.6) is 0 Å². The van der Waals surface area contributed by atoms with E-state index < -0.39 is 0 Å². The molecular weight excluding hydrogens is 299 g/mol. The fourth-order valence-corrected chi connectivity index (χ4v) is 2.81. The van der Waals surface area contributed by atoms with E-state index in [2.05, 4.69) is 10.6 Å². The molecule has 0 fully saturated rings. The van der Waals surface area contributed by atoms with Crippen molar-refractivity contribution in [1.82, 2.24) is 10.6 Å². The van der Waals surface area contributed by atoms with Gasteiger partial charge in [0.05, 0.1) is 6.54 Å². The summed E-state index contributed by atoms with van der Waals surface area (Å²) in [6.07, 6.45) is 4.49. The van der Waals surface area contributed by atoms with Gasteiger partial charge in [-0.1, -0.05) is 12.2 Å². The van der Waals surface area contributed by atoms with Crippen molar-refractivity contribution in [3.63, 3.8) is 0 Å². The zero-order chi connectivity index (χ0) is 16.4. The lowest BCUT2D eigenvalue weighted by Gasteiger charge is -2.13. The number of fused-ring (bicyclic) bond motifs is 1. The average molecular weight is 318 g/mol. The predicted molar refractivity (Wildman–Crippen MR) is 84.4 cm³/mol. The number of furan rings is 1. The number of halogens is 1. The summed E-state index contributed by atoms with van der Waals surface area (Å²) in [7, 11) is 0. The van der Waals surface area contributed by atoms with Crippen LogP contribution in [0.3, 0.4) is 0 Å². The van der Waals surface area contributed by atoms with Gasteiger partial charge in [-0.25, -0.2) is 9.18 Å². The van der Waals surface area contributed by atoms with Crippen molar-refractivity contribution < 1.29 is 18.7 Å². The standard InChI is InChI=1S/C17H19FN2O3/c1-10-14-7-12(18)3-5-15(14)23-16(10)8-19-17(22)20-13-4-2-11(6-13)9-21/h2-5,7,11,13,21H,6,8-9H2,1H3,(H2,19,20,22)/t11-,13+/m0/s1. The summed E-state index contributed by atoms with van der Waals surface area (Å²) >= 11 is 0. The van der Waals surface area contributed by atoms with E-state index >= 15 is 0 Å². The Bertz CT molecular complexity index is 754. The zero-order valence-electron chi connectivity index (χ0n) is 12.8. The Balaban J connectivity index is 1.59. The first-order valence-electron chi connectivity index (χ1n) is 7.58. The van der Waals surface area contributed by atoms with Crippen LogP contribution in [-0.2, 0) is 6.54 Å². The summed E-state index contributed by atoms with van der Waals surface area (Å²) in [5.74, 6) is 0.397. The van der Waals surface area contributed by atoms with Crippen LogP contribution in [0.25, 0.3) is 11.0 Å². The molecule has 122 valence electrons. The summed E-state index contributed by atoms with van der Waals surface area (Å²) in [5.41, 5.74) is 1.42. The Labute approximate surface area is 133 Å². The molecule has 5 nitrogen and oxygen atoms in total. The van der Waals surface area contributed by atoms with Gasteiger partial charge in [0, 0.05) is 29.5 Å². The minimum absolute atomic E-state index is 0.0713. The van der Waals surface area contributed by atoms with E-state index in [0.29, 0.717) is 23.2 Å². The maximum Gasteiger partial charge on any atom is 0.315 e. The van der Waals surface area contributed by atoms with Gasteiger partial charge < -0.3 is 20.2 Å². The van der Waals surface area contributed by atoms with E-state index in [1.807, 2.05) is 19.1 Å². The second kappa shape index (κ2) is 6.42. The van der Waals surface area contributed by atoms with E-state index in [-0.39, 0.29) is 37.0 Å². The number of benzene rings is 1. The molecule has 1 heterocycles. The van der Waals surface area contributed by atoms with E-state index in [1.165, 1.54) is 12.1 Å². The number of rotatable bonds is 4. The highest BCUT2D eigenvalue weighted by Gasteiger charge is 2.20. The molecule has 2 aromatic rings. The van der Waals surface area contributed by atoms with Gasteiger partial charge in [0.1, 0.15) is 17.2 Å². The van der Waals surface area contributed by atoms with E-state index in [1.54, 1.807) is 6.07 Å². The summed E-state index contributed by atoms with van der Waals surface area (Å²) in [4.78, 5) is 11.9. The quantitative estimate of drug-likeness (QED) is 0.759. The number of carbonyl (C=O) groups is 1. The molecule has 1 aliphatic rings. The zero-order valence-corrected chi connectivity index (χ0v) is 12.8. The first-order chi connectivity index (χ1) is 11.1. The van der Waals surface area contributed by atoms with E-state index in [0.717, 1.165) is 5.56 Å². The largest absolute Gasteiger partial charge is 0.459 e. The van der Waals surface area contributed by atoms with Crippen molar-refractivity contribution in [2.75, 3.05) is 6.61 Å². The van der Waals surface area contributed by atoms with E-state index in [9.17, 15) is 9.18 Å². The SMILES string of the molecule is Cc1c(CNC(=O)N[C@@H]2C=C[C@H](CO)C2)oc2ccc(F)cc12. The van der Waals surface area contributed by atoms with Crippen molar-refractivity contribution in [1.29, 1.82) is 0 Å². The second-order valence-corrected chi connectivity index (χ2v) is 5.79. The van der Waals surface area contributed by atoms with Crippen LogP contribution in [0, 0.1) is 18.7 Å². The van der Waals surface area contributed by atoms with Gasteiger partial charge in [0.25, 0.3) is 0 Å². The van der Waals surface area contributed by atoms with Crippen molar-refractivity contribution >= 4 is 17.0 Å². The van der Waals surface area contributed by atoms with Gasteiger partial charge in [-0.15, -0.1) is 0 Å². The molecule has 0 radical (unpaired) electrons. The third-order valence-electron chi connectivity index (χ3n) is 4.13. The number of hydrogen-bond acceptors (Lipinski definition) is 3. The molecule has 1 aliphatic carbocycles. The molecular formula is C17H19FN2O3. The minimum Gasteiger partial charge on any atom is -0.459 e. The molecule has 6 heteroatoms. The highest BCUT2D eigenvalue weighted by molar-refractivity contribution is 5.82. The molecule has 1 aromatic carbocycles. The smallest absolute Gasteiger partial charge is 0.315 e. The number of carbonyl (C=O) groups excluding carboxylic acids is 1. The van der Waals surface area contributed by atoms with E-state index in [4.69, 9.17) is 9.52 Å². The Morgan fingerprint density at radius 2 is 2.26 bits per heavy atom. The van der Waals surface area contributed by atoms with Crippen LogP contribution in [0.15, 0.2) is 34.8 Å². The lowest BCUT2D eigenvalue weighted by molar-refractivity contribution is 0.230. The van der Waals surface area contributed by atoms with Crippen LogP contribution in [-0.4, -0.2) is 23.8 Å². The van der Waals surface area contributed by atoms with Gasteiger partial charge in [-0.05, 0) is 31.5 Å². The van der Waals surface area contributed by atoms with Crippen molar-refractivity contribution in [2.45, 2.75) is 25.9 Å². The number of hydrogen-bond donors (Lipinski definition) is 3. The van der Waals surface area contributed by atoms with Crippen molar-refractivity contribution in [2.24, 2.45) is 5.92 Å². The molecule has 0 saturated carbocycles. The average Bonchev–Trinajstić information content (AvgIpc) is 3.10. The minimum atomic E-state index is -0.315. The maximum absolute atomic E-state index is 13.3. The molecule has 1 aromatic heterocycles. The van der Waals surface area contributed by atoms with Gasteiger partial charge >= 0.3 is 6.03 Å². The van der Waals surface area contributed by atoms with Gasteiger partial charge in [-0.2, -0.15) is 0 Å². The number of nitrogens with one attached hydrogen (secondary N) is 2. The summed E-state index contributed by atoms with van der Waals surface area (Å²) < 4.78 is 18.9. The second-order valence-electron chi connectivity index (χ2n) is 5.79. The number of aryl methyl sites for hydroxylation is 1. The van der Waals surface area contributed by atoms with Gasteiger partial charge in [-0.3, -0.25) is 0 Å². The topological polar surface area (TPSA) is 74.5 Å². The third kappa shape index (κ3) is 3.37. The molecule has 0 saturated heterocycles. The molecule has 2 atom stereocenters. The summed E-state index contributed by atoms with van der Waals surface area (Å²) in [5, 5.41) is 15.4. The molecule has 0 spiro atoms. The molecule has 0 unspecified atom stereocenters. The highest BCUT2D eigenvalue weighted by Crippen LogP contribution is 2.25. The fraction of sp³-hybridized carbons (Fsp3) is 0.353. The van der Waals surface area contributed by atoms with Crippen LogP contribution >= 0.6 is 0 Å². The van der Waals surface area contributed by atoms with Crippen molar-refractivity contribution in [3.05, 3.63) is 47.5 Å². The monoisotopic (exact) mass is 318 g/mol. The lowest BCUT2D eigenvalue weighted by Crippen LogP contribution is -2.40. The Kier molecular flexibility index (Phi) is 4.34. The number of aliphatic hydroxyl groups excluding tert-OH is 1. The Morgan fingerprint density at radius 1 is 1.43 bits per heavy atom. The Morgan fingerprint density at radius 3 is 3.00 bits per heavy atom. The molecule has 2 amide bonds. The number of amides is 2. The first-order valence-corrected chi connectivity index (χ1v) is 7.58. The first kappa shape index (κ1) is 15.6. The fourth-order valence-electron chi connectivity index (χ4n) is 2.81. The normalized spacial score (nSPS) is 20.1. The molecule has 3 N–H and O–H groups in total. The number of urea groups is 1. The van der Waals surface area contributed by atoms with Crippen LogP contribution in [0.1, 0.15) is 17.7 Å². The van der Waals surface area contributed by atoms with Crippen molar-refractivity contribution in [3.8, 4) is 0 Å². The summed E-state index contributed by atoms with van der Waals surface area (Å²) in [6, 6.07) is 3.98. The molecule has 0 aliphatic heterocycles. The third-order valence-corrected chi connectivity index (χ3v) is 4.13.